The third-order valence-corrected chi connectivity index (χ3v) is 4.47. The molecule has 1 fully saturated rings. The molecular weight excluding hydrogens is 270 g/mol. The lowest BCUT2D eigenvalue weighted by Crippen LogP contribution is -2.21. The predicted molar refractivity (Wildman–Crippen MR) is 83.4 cm³/mol. The molecule has 1 saturated heterocycles. The number of nitrogens with zero attached hydrogens (tertiary/aromatic N) is 2. The van der Waals surface area contributed by atoms with Crippen LogP contribution in [0.2, 0.25) is 0 Å². The lowest BCUT2D eigenvalue weighted by Gasteiger charge is -2.21. The molecule has 106 valence electrons. The summed E-state index contributed by atoms with van der Waals surface area (Å²) >= 11 is 1.68. The number of para-hydroxylation sites is 1. The maximum Gasteiger partial charge on any atom is 0.190 e. The number of thioether (sulfide) groups is 1. The molecule has 0 aliphatic carbocycles. The molecule has 1 aromatic heterocycles. The lowest BCUT2D eigenvalue weighted by atomic mass is 10.1. The number of fused-ring (bicyclic) bond motifs is 1. The van der Waals surface area contributed by atoms with Gasteiger partial charge in [0.2, 0.25) is 0 Å². The zero-order chi connectivity index (χ0) is 13.8. The molecule has 1 aromatic carbocycles. The maximum absolute atomic E-state index is 5.75. The summed E-state index contributed by atoms with van der Waals surface area (Å²) in [4.78, 5) is 9.21. The highest BCUT2D eigenvalue weighted by atomic mass is 32.2. The van der Waals surface area contributed by atoms with Crippen LogP contribution in [0.15, 0.2) is 29.4 Å². The summed E-state index contributed by atoms with van der Waals surface area (Å²) < 4.78 is 5.75. The number of nitrogens with one attached hydrogen (secondary N) is 1. The van der Waals surface area contributed by atoms with Crippen molar-refractivity contribution in [2.75, 3.05) is 24.7 Å². The largest absolute Gasteiger partial charge is 0.377 e. The van der Waals surface area contributed by atoms with Crippen molar-refractivity contribution in [1.82, 2.24) is 9.97 Å². The minimum Gasteiger partial charge on any atom is -0.377 e. The second-order valence-electron chi connectivity index (χ2n) is 4.92. The van der Waals surface area contributed by atoms with E-state index in [1.165, 1.54) is 12.8 Å². The van der Waals surface area contributed by atoms with Gasteiger partial charge in [0.25, 0.3) is 0 Å². The SMILES string of the molecule is CNc1nc(SCC2CCCCO2)nc2ccccc12. The van der Waals surface area contributed by atoms with Gasteiger partial charge in [0, 0.05) is 24.8 Å². The van der Waals surface area contributed by atoms with Gasteiger partial charge in [-0.05, 0) is 31.4 Å². The van der Waals surface area contributed by atoms with Crippen LogP contribution in [0.3, 0.4) is 0 Å². The third-order valence-electron chi connectivity index (χ3n) is 3.49. The van der Waals surface area contributed by atoms with Crippen LogP contribution >= 0.6 is 11.8 Å². The number of ether oxygens (including phenoxy) is 1. The first-order chi connectivity index (χ1) is 9.86. The summed E-state index contributed by atoms with van der Waals surface area (Å²) in [6.45, 7) is 0.894. The molecule has 2 aromatic rings. The summed E-state index contributed by atoms with van der Waals surface area (Å²) in [5.74, 6) is 1.82. The number of aromatic nitrogens is 2. The van der Waals surface area contributed by atoms with Crippen molar-refractivity contribution >= 4 is 28.5 Å². The van der Waals surface area contributed by atoms with Crippen LogP contribution < -0.4 is 5.32 Å². The van der Waals surface area contributed by atoms with Crippen LogP contribution in [-0.4, -0.2) is 35.5 Å². The average Bonchev–Trinajstić information content (AvgIpc) is 2.53. The Morgan fingerprint density at radius 1 is 1.30 bits per heavy atom. The van der Waals surface area contributed by atoms with Gasteiger partial charge in [-0.1, -0.05) is 23.9 Å². The second kappa shape index (κ2) is 6.41. The van der Waals surface area contributed by atoms with E-state index < -0.39 is 0 Å². The Hall–Kier alpha value is -1.33. The van der Waals surface area contributed by atoms with Crippen LogP contribution in [0, 0.1) is 0 Å². The smallest absolute Gasteiger partial charge is 0.190 e. The minimum absolute atomic E-state index is 0.349. The van der Waals surface area contributed by atoms with E-state index in [2.05, 4.69) is 15.3 Å². The Kier molecular flexibility index (Phi) is 4.38. The molecule has 5 heteroatoms. The standard InChI is InChI=1S/C15H19N3OS/c1-16-14-12-7-2-3-8-13(12)17-15(18-14)20-10-11-6-4-5-9-19-11/h2-3,7-8,11H,4-6,9-10H2,1H3,(H,16,17,18). The summed E-state index contributed by atoms with van der Waals surface area (Å²) in [6, 6.07) is 8.08. The first-order valence-corrected chi connectivity index (χ1v) is 8.04. The monoisotopic (exact) mass is 289 g/mol. The Bertz CT molecular complexity index is 584. The molecule has 2 heterocycles. The molecule has 0 saturated carbocycles. The van der Waals surface area contributed by atoms with E-state index in [9.17, 15) is 0 Å². The van der Waals surface area contributed by atoms with E-state index >= 15 is 0 Å². The van der Waals surface area contributed by atoms with Gasteiger partial charge in [-0.3, -0.25) is 0 Å². The molecular formula is C15H19N3OS. The fraction of sp³-hybridized carbons (Fsp3) is 0.467. The zero-order valence-corrected chi connectivity index (χ0v) is 12.4. The quantitative estimate of drug-likeness (QED) is 0.691. The van der Waals surface area contributed by atoms with Gasteiger partial charge in [0.1, 0.15) is 5.82 Å². The third kappa shape index (κ3) is 3.04. The molecule has 3 rings (SSSR count). The van der Waals surface area contributed by atoms with Gasteiger partial charge < -0.3 is 10.1 Å². The van der Waals surface area contributed by atoms with E-state index in [0.717, 1.165) is 40.7 Å². The lowest BCUT2D eigenvalue weighted by molar-refractivity contribution is 0.0315. The highest BCUT2D eigenvalue weighted by Crippen LogP contribution is 2.26. The number of anilines is 1. The van der Waals surface area contributed by atoms with Crippen molar-refractivity contribution in [1.29, 1.82) is 0 Å². The van der Waals surface area contributed by atoms with Crippen molar-refractivity contribution < 1.29 is 4.74 Å². The number of hydrogen-bond donors (Lipinski definition) is 1. The molecule has 1 N–H and O–H groups in total. The van der Waals surface area contributed by atoms with Gasteiger partial charge in [-0.2, -0.15) is 0 Å². The van der Waals surface area contributed by atoms with Gasteiger partial charge in [0.15, 0.2) is 5.16 Å². The summed E-state index contributed by atoms with van der Waals surface area (Å²) in [7, 11) is 1.90. The van der Waals surface area contributed by atoms with Crippen molar-refractivity contribution in [3.63, 3.8) is 0 Å². The molecule has 1 aliphatic heterocycles. The molecule has 1 aliphatic rings. The van der Waals surface area contributed by atoms with Crippen molar-refractivity contribution in [2.24, 2.45) is 0 Å². The average molecular weight is 289 g/mol. The first kappa shape index (κ1) is 13.6. The van der Waals surface area contributed by atoms with Crippen molar-refractivity contribution in [3.8, 4) is 0 Å². The Morgan fingerprint density at radius 3 is 3.00 bits per heavy atom. The van der Waals surface area contributed by atoms with Crippen molar-refractivity contribution in [2.45, 2.75) is 30.5 Å². The van der Waals surface area contributed by atoms with Gasteiger partial charge in [0.05, 0.1) is 11.6 Å². The maximum atomic E-state index is 5.75. The molecule has 1 atom stereocenters. The highest BCUT2D eigenvalue weighted by molar-refractivity contribution is 7.99. The van der Waals surface area contributed by atoms with Crippen LogP contribution in [-0.2, 0) is 4.74 Å². The minimum atomic E-state index is 0.349. The van der Waals surface area contributed by atoms with Gasteiger partial charge >= 0.3 is 0 Å². The molecule has 20 heavy (non-hydrogen) atoms. The Balaban J connectivity index is 1.77. The topological polar surface area (TPSA) is 47.0 Å². The highest BCUT2D eigenvalue weighted by Gasteiger charge is 2.15. The molecule has 1 unspecified atom stereocenters. The molecule has 0 radical (unpaired) electrons. The summed E-state index contributed by atoms with van der Waals surface area (Å²) in [5, 5.41) is 5.04. The van der Waals surface area contributed by atoms with Gasteiger partial charge in [-0.25, -0.2) is 9.97 Å². The Morgan fingerprint density at radius 2 is 2.20 bits per heavy atom. The van der Waals surface area contributed by atoms with Crippen LogP contribution in [0.4, 0.5) is 5.82 Å². The van der Waals surface area contributed by atoms with E-state index in [1.807, 2.05) is 31.3 Å². The summed E-state index contributed by atoms with van der Waals surface area (Å²) in [6.07, 6.45) is 3.96. The first-order valence-electron chi connectivity index (χ1n) is 7.06. The fourth-order valence-corrected chi connectivity index (χ4v) is 3.33. The fourth-order valence-electron chi connectivity index (χ4n) is 2.42. The molecule has 0 amide bonds. The van der Waals surface area contributed by atoms with Crippen LogP contribution in [0.5, 0.6) is 0 Å². The molecule has 4 nitrogen and oxygen atoms in total. The second-order valence-corrected chi connectivity index (χ2v) is 5.91. The van der Waals surface area contributed by atoms with Crippen LogP contribution in [0.25, 0.3) is 10.9 Å². The molecule has 0 bridgehead atoms. The van der Waals surface area contributed by atoms with Crippen LogP contribution in [0.1, 0.15) is 19.3 Å². The van der Waals surface area contributed by atoms with E-state index in [0.29, 0.717) is 6.10 Å². The van der Waals surface area contributed by atoms with E-state index in [1.54, 1.807) is 11.8 Å². The zero-order valence-electron chi connectivity index (χ0n) is 11.6. The summed E-state index contributed by atoms with van der Waals surface area (Å²) in [5.41, 5.74) is 0.985. The number of rotatable bonds is 4. The Labute approximate surface area is 123 Å². The number of benzene rings is 1. The van der Waals surface area contributed by atoms with E-state index in [4.69, 9.17) is 4.74 Å². The normalized spacial score (nSPS) is 19.1. The van der Waals surface area contributed by atoms with Gasteiger partial charge in [-0.15, -0.1) is 0 Å². The van der Waals surface area contributed by atoms with Crippen molar-refractivity contribution in [3.05, 3.63) is 24.3 Å². The predicted octanol–water partition coefficient (Wildman–Crippen LogP) is 3.33. The number of hydrogen-bond acceptors (Lipinski definition) is 5. The molecule has 0 spiro atoms. The van der Waals surface area contributed by atoms with E-state index in [-0.39, 0.29) is 0 Å².